The number of aliphatic hydroxyl groups excluding tert-OH is 1. The molecule has 0 aliphatic heterocycles. The summed E-state index contributed by atoms with van der Waals surface area (Å²) >= 11 is 0. The van der Waals surface area contributed by atoms with E-state index >= 15 is 0 Å². The van der Waals surface area contributed by atoms with Crippen LogP contribution in [0.25, 0.3) is 0 Å². The SMILES string of the molecule is Cc1ccc(F)c(C(O)Cc2cc(F)ccc2F)c1. The second-order valence-corrected chi connectivity index (χ2v) is 4.48. The summed E-state index contributed by atoms with van der Waals surface area (Å²) in [5.41, 5.74) is 0.896. The minimum absolute atomic E-state index is 0.0217. The van der Waals surface area contributed by atoms with Gasteiger partial charge in [0.25, 0.3) is 0 Å². The Labute approximate surface area is 109 Å². The van der Waals surface area contributed by atoms with Crippen LogP contribution in [0.15, 0.2) is 36.4 Å². The van der Waals surface area contributed by atoms with Gasteiger partial charge < -0.3 is 5.11 Å². The van der Waals surface area contributed by atoms with Crippen LogP contribution < -0.4 is 0 Å². The Hall–Kier alpha value is -1.81. The van der Waals surface area contributed by atoms with Crippen molar-refractivity contribution in [2.24, 2.45) is 0 Å². The molecule has 100 valence electrons. The predicted molar refractivity (Wildman–Crippen MR) is 66.2 cm³/mol. The van der Waals surface area contributed by atoms with Crippen LogP contribution in [0.1, 0.15) is 22.8 Å². The highest BCUT2D eigenvalue weighted by Gasteiger charge is 2.16. The van der Waals surface area contributed by atoms with E-state index in [1.54, 1.807) is 13.0 Å². The van der Waals surface area contributed by atoms with Crippen LogP contribution in [0.5, 0.6) is 0 Å². The third-order valence-corrected chi connectivity index (χ3v) is 2.93. The molecule has 2 rings (SSSR count). The van der Waals surface area contributed by atoms with Gasteiger partial charge in [-0.2, -0.15) is 0 Å². The molecule has 1 atom stereocenters. The molecule has 19 heavy (non-hydrogen) atoms. The van der Waals surface area contributed by atoms with E-state index in [0.29, 0.717) is 0 Å². The van der Waals surface area contributed by atoms with Crippen molar-refractivity contribution >= 4 is 0 Å². The van der Waals surface area contributed by atoms with Crippen molar-refractivity contribution in [3.05, 3.63) is 70.5 Å². The Balaban J connectivity index is 2.27. The van der Waals surface area contributed by atoms with Gasteiger partial charge in [-0.3, -0.25) is 0 Å². The highest BCUT2D eigenvalue weighted by Crippen LogP contribution is 2.23. The van der Waals surface area contributed by atoms with Gasteiger partial charge in [-0.05, 0) is 36.8 Å². The van der Waals surface area contributed by atoms with Gasteiger partial charge in [0.1, 0.15) is 17.5 Å². The van der Waals surface area contributed by atoms with Crippen LogP contribution >= 0.6 is 0 Å². The van der Waals surface area contributed by atoms with Gasteiger partial charge in [0.05, 0.1) is 6.10 Å². The lowest BCUT2D eigenvalue weighted by molar-refractivity contribution is 0.172. The minimum atomic E-state index is -1.21. The molecular formula is C15H13F3O. The van der Waals surface area contributed by atoms with E-state index in [4.69, 9.17) is 0 Å². The lowest BCUT2D eigenvalue weighted by atomic mass is 9.99. The standard InChI is InChI=1S/C15H13F3O/c1-9-2-4-14(18)12(6-9)15(19)8-10-7-11(16)3-5-13(10)17/h2-7,15,19H,8H2,1H3. The van der Waals surface area contributed by atoms with Gasteiger partial charge in [-0.15, -0.1) is 0 Å². The first-order valence-corrected chi connectivity index (χ1v) is 5.85. The Morgan fingerprint density at radius 2 is 1.68 bits per heavy atom. The third-order valence-electron chi connectivity index (χ3n) is 2.93. The van der Waals surface area contributed by atoms with Gasteiger partial charge in [0.15, 0.2) is 0 Å². The normalized spacial score (nSPS) is 12.5. The monoisotopic (exact) mass is 266 g/mol. The molecule has 1 nitrogen and oxygen atoms in total. The number of aliphatic hydroxyl groups is 1. The van der Waals surface area contributed by atoms with E-state index in [0.717, 1.165) is 23.8 Å². The average molecular weight is 266 g/mol. The van der Waals surface area contributed by atoms with Crippen molar-refractivity contribution < 1.29 is 18.3 Å². The maximum absolute atomic E-state index is 13.6. The highest BCUT2D eigenvalue weighted by molar-refractivity contribution is 5.28. The summed E-state index contributed by atoms with van der Waals surface area (Å²) in [6.07, 6.45) is -1.39. The van der Waals surface area contributed by atoms with E-state index in [1.165, 1.54) is 12.1 Å². The lowest BCUT2D eigenvalue weighted by Gasteiger charge is -2.13. The fraction of sp³-hybridized carbons (Fsp3) is 0.200. The molecule has 0 fully saturated rings. The van der Waals surface area contributed by atoms with Crippen molar-refractivity contribution in [1.29, 1.82) is 0 Å². The fourth-order valence-electron chi connectivity index (χ4n) is 1.94. The lowest BCUT2D eigenvalue weighted by Crippen LogP contribution is -2.06. The van der Waals surface area contributed by atoms with Gasteiger partial charge >= 0.3 is 0 Å². The summed E-state index contributed by atoms with van der Waals surface area (Å²) in [6.45, 7) is 1.76. The van der Waals surface area contributed by atoms with Crippen LogP contribution in [-0.2, 0) is 6.42 Å². The average Bonchev–Trinajstić information content (AvgIpc) is 2.36. The first kappa shape index (κ1) is 13.6. The number of benzene rings is 2. The quantitative estimate of drug-likeness (QED) is 0.898. The molecule has 2 aromatic carbocycles. The Bertz CT molecular complexity index is 596. The first-order chi connectivity index (χ1) is 8.97. The molecule has 1 N–H and O–H groups in total. The molecule has 1 unspecified atom stereocenters. The van der Waals surface area contributed by atoms with Gasteiger partial charge in [-0.25, -0.2) is 13.2 Å². The summed E-state index contributed by atoms with van der Waals surface area (Å²) in [5, 5.41) is 9.97. The van der Waals surface area contributed by atoms with Crippen LogP contribution in [0, 0.1) is 24.4 Å². The molecule has 0 aliphatic carbocycles. The molecule has 0 heterocycles. The zero-order valence-electron chi connectivity index (χ0n) is 10.3. The van der Waals surface area contributed by atoms with E-state index in [9.17, 15) is 18.3 Å². The Morgan fingerprint density at radius 3 is 2.42 bits per heavy atom. The number of halogens is 3. The van der Waals surface area contributed by atoms with Crippen molar-refractivity contribution in [3.63, 3.8) is 0 Å². The van der Waals surface area contributed by atoms with Gasteiger partial charge in [-0.1, -0.05) is 17.7 Å². The molecule has 0 bridgehead atoms. The second kappa shape index (κ2) is 5.45. The predicted octanol–water partition coefficient (Wildman–Crippen LogP) is 3.69. The van der Waals surface area contributed by atoms with Crippen LogP contribution in [-0.4, -0.2) is 5.11 Å². The van der Waals surface area contributed by atoms with Crippen molar-refractivity contribution in [1.82, 2.24) is 0 Å². The van der Waals surface area contributed by atoms with E-state index in [-0.39, 0.29) is 17.5 Å². The summed E-state index contributed by atoms with van der Waals surface area (Å²) in [4.78, 5) is 0. The zero-order valence-corrected chi connectivity index (χ0v) is 10.3. The molecular weight excluding hydrogens is 253 g/mol. The van der Waals surface area contributed by atoms with E-state index in [1.807, 2.05) is 0 Å². The summed E-state index contributed by atoms with van der Waals surface area (Å²) in [6, 6.07) is 7.32. The summed E-state index contributed by atoms with van der Waals surface area (Å²) < 4.78 is 40.0. The molecule has 0 amide bonds. The third kappa shape index (κ3) is 3.15. The highest BCUT2D eigenvalue weighted by atomic mass is 19.1. The molecule has 0 radical (unpaired) electrons. The van der Waals surface area contributed by atoms with Gasteiger partial charge in [0.2, 0.25) is 0 Å². The smallest absolute Gasteiger partial charge is 0.129 e. The fourth-order valence-corrected chi connectivity index (χ4v) is 1.94. The molecule has 0 saturated carbocycles. The molecule has 0 spiro atoms. The maximum Gasteiger partial charge on any atom is 0.129 e. The van der Waals surface area contributed by atoms with E-state index < -0.39 is 23.6 Å². The first-order valence-electron chi connectivity index (χ1n) is 5.85. The Morgan fingerprint density at radius 1 is 1.00 bits per heavy atom. The number of rotatable bonds is 3. The largest absolute Gasteiger partial charge is 0.388 e. The van der Waals surface area contributed by atoms with Crippen LogP contribution in [0.2, 0.25) is 0 Å². The van der Waals surface area contributed by atoms with Crippen LogP contribution in [0.4, 0.5) is 13.2 Å². The topological polar surface area (TPSA) is 20.2 Å². The molecule has 4 heteroatoms. The minimum Gasteiger partial charge on any atom is -0.388 e. The van der Waals surface area contributed by atoms with Crippen molar-refractivity contribution in [3.8, 4) is 0 Å². The number of hydrogen-bond donors (Lipinski definition) is 1. The van der Waals surface area contributed by atoms with E-state index in [2.05, 4.69) is 0 Å². The zero-order chi connectivity index (χ0) is 14.0. The van der Waals surface area contributed by atoms with Crippen molar-refractivity contribution in [2.75, 3.05) is 0 Å². The maximum atomic E-state index is 13.6. The number of hydrogen-bond acceptors (Lipinski definition) is 1. The second-order valence-electron chi connectivity index (χ2n) is 4.48. The number of aryl methyl sites for hydroxylation is 1. The molecule has 0 aliphatic rings. The molecule has 0 aromatic heterocycles. The Kier molecular flexibility index (Phi) is 3.90. The van der Waals surface area contributed by atoms with Crippen molar-refractivity contribution in [2.45, 2.75) is 19.4 Å². The summed E-state index contributed by atoms with van der Waals surface area (Å²) in [5.74, 6) is -1.77. The molecule has 0 saturated heterocycles. The van der Waals surface area contributed by atoms with Gasteiger partial charge in [0, 0.05) is 12.0 Å². The molecule has 2 aromatic rings. The summed E-state index contributed by atoms with van der Waals surface area (Å²) in [7, 11) is 0. The van der Waals surface area contributed by atoms with Crippen LogP contribution in [0.3, 0.4) is 0 Å².